The number of fused-ring (bicyclic) bond motifs is 1. The first-order chi connectivity index (χ1) is 13.5. The number of carbonyl (C=O) groups excluding carboxylic acids is 1. The Bertz CT molecular complexity index is 752. The van der Waals surface area contributed by atoms with E-state index in [1.54, 1.807) is 32.3 Å². The summed E-state index contributed by atoms with van der Waals surface area (Å²) in [5.41, 5.74) is 0.130. The molecule has 1 aliphatic heterocycles. The minimum atomic E-state index is -0.777. The van der Waals surface area contributed by atoms with Crippen LogP contribution in [0.1, 0.15) is 24.8 Å². The van der Waals surface area contributed by atoms with Gasteiger partial charge in [-0.2, -0.15) is 0 Å². The van der Waals surface area contributed by atoms with E-state index in [0.717, 1.165) is 18.4 Å². The van der Waals surface area contributed by atoms with Gasteiger partial charge in [0, 0.05) is 25.2 Å². The Hall–Kier alpha value is -2.64. The molecule has 1 saturated carbocycles. The van der Waals surface area contributed by atoms with Crippen molar-refractivity contribution in [2.75, 3.05) is 41.0 Å². The van der Waals surface area contributed by atoms with Gasteiger partial charge in [-0.1, -0.05) is 12.5 Å². The highest BCUT2D eigenvalue weighted by molar-refractivity contribution is 5.80. The smallest absolute Gasteiger partial charge is 0.317 e. The lowest BCUT2D eigenvalue weighted by molar-refractivity contribution is -0.149. The first kappa shape index (κ1) is 20.1. The zero-order valence-corrected chi connectivity index (χ0v) is 16.6. The molecule has 2 atom stereocenters. The van der Waals surface area contributed by atoms with Crippen LogP contribution < -0.4 is 19.5 Å². The zero-order valence-electron chi connectivity index (χ0n) is 16.6. The van der Waals surface area contributed by atoms with Crippen molar-refractivity contribution >= 4 is 12.0 Å². The van der Waals surface area contributed by atoms with E-state index in [0.29, 0.717) is 49.7 Å². The average Bonchev–Trinajstić information content (AvgIpc) is 3.25. The summed E-state index contributed by atoms with van der Waals surface area (Å²) in [6.45, 7) is 1.21. The molecule has 1 aromatic carbocycles. The van der Waals surface area contributed by atoms with Gasteiger partial charge in [0.1, 0.15) is 0 Å². The summed E-state index contributed by atoms with van der Waals surface area (Å²) in [6.07, 6.45) is 3.00. The number of urea groups is 1. The fraction of sp³-hybridized carbons (Fsp3) is 0.600. The number of likely N-dealkylation sites (tertiary alicyclic amines) is 1. The summed E-state index contributed by atoms with van der Waals surface area (Å²) in [6, 6.07) is 3.47. The Balaban J connectivity index is 1.60. The molecule has 0 spiro atoms. The Kier molecular flexibility index (Phi) is 5.86. The van der Waals surface area contributed by atoms with Crippen molar-refractivity contribution in [2.24, 2.45) is 11.3 Å². The highest BCUT2D eigenvalue weighted by Gasteiger charge is 2.55. The zero-order chi connectivity index (χ0) is 20.3. The Morgan fingerprint density at radius 1 is 1.21 bits per heavy atom. The highest BCUT2D eigenvalue weighted by atomic mass is 16.5. The van der Waals surface area contributed by atoms with Gasteiger partial charge in [-0.3, -0.25) is 4.79 Å². The molecule has 0 radical (unpaired) electrons. The number of methoxy groups -OCH3 is 3. The lowest BCUT2D eigenvalue weighted by Crippen LogP contribution is -2.42. The van der Waals surface area contributed by atoms with Crippen LogP contribution in [0.4, 0.5) is 4.79 Å². The number of aliphatic carboxylic acids is 1. The third-order valence-electron chi connectivity index (χ3n) is 6.04. The van der Waals surface area contributed by atoms with Crippen molar-refractivity contribution in [1.82, 2.24) is 10.2 Å². The predicted octanol–water partition coefficient (Wildman–Crippen LogP) is 2.15. The Morgan fingerprint density at radius 3 is 2.57 bits per heavy atom. The summed E-state index contributed by atoms with van der Waals surface area (Å²) in [4.78, 5) is 26.0. The molecule has 2 aliphatic rings. The molecule has 8 heteroatoms. The molecular weight excluding hydrogens is 364 g/mol. The van der Waals surface area contributed by atoms with Crippen LogP contribution in [0.2, 0.25) is 0 Å². The molecule has 0 unspecified atom stereocenters. The second-order valence-corrected chi connectivity index (χ2v) is 7.41. The van der Waals surface area contributed by atoms with Crippen molar-refractivity contribution < 1.29 is 28.9 Å². The van der Waals surface area contributed by atoms with Gasteiger partial charge in [-0.05, 0) is 31.2 Å². The van der Waals surface area contributed by atoms with E-state index in [-0.39, 0.29) is 11.9 Å². The number of nitrogens with one attached hydrogen (secondary N) is 1. The second-order valence-electron chi connectivity index (χ2n) is 7.41. The topological polar surface area (TPSA) is 97.3 Å². The predicted molar refractivity (Wildman–Crippen MR) is 102 cm³/mol. The van der Waals surface area contributed by atoms with E-state index in [1.165, 1.54) is 0 Å². The van der Waals surface area contributed by atoms with Crippen LogP contribution in [0.3, 0.4) is 0 Å². The number of ether oxygens (including phenoxy) is 3. The number of nitrogens with zero attached hydrogens (tertiary/aromatic N) is 1. The van der Waals surface area contributed by atoms with Crippen molar-refractivity contribution in [3.05, 3.63) is 17.7 Å². The summed E-state index contributed by atoms with van der Waals surface area (Å²) in [5, 5.41) is 12.6. The van der Waals surface area contributed by atoms with Crippen molar-refractivity contribution in [3.63, 3.8) is 0 Å². The van der Waals surface area contributed by atoms with Gasteiger partial charge in [0.2, 0.25) is 5.75 Å². The molecule has 1 aromatic rings. The Morgan fingerprint density at radius 2 is 1.96 bits per heavy atom. The van der Waals surface area contributed by atoms with Crippen molar-refractivity contribution in [1.29, 1.82) is 0 Å². The normalized spacial score (nSPS) is 23.2. The number of hydrogen-bond donors (Lipinski definition) is 2. The van der Waals surface area contributed by atoms with Crippen LogP contribution in [0.15, 0.2) is 12.1 Å². The third kappa shape index (κ3) is 3.43. The van der Waals surface area contributed by atoms with Gasteiger partial charge in [0.05, 0.1) is 26.7 Å². The van der Waals surface area contributed by atoms with Crippen molar-refractivity contribution in [2.45, 2.75) is 25.7 Å². The number of hydrogen-bond acceptors (Lipinski definition) is 5. The fourth-order valence-corrected chi connectivity index (χ4v) is 4.57. The lowest BCUT2D eigenvalue weighted by Gasteiger charge is -2.23. The SMILES string of the molecule is COc1ccc(CCNC(=O)N2C[C@@H]3CCC[C@@]3(C(=O)O)C2)c(OC)c1OC. The maximum atomic E-state index is 12.6. The quantitative estimate of drug-likeness (QED) is 0.738. The average molecular weight is 392 g/mol. The molecule has 2 fully saturated rings. The molecule has 1 saturated heterocycles. The highest BCUT2D eigenvalue weighted by Crippen LogP contribution is 2.48. The molecule has 154 valence electrons. The minimum Gasteiger partial charge on any atom is -0.493 e. The molecule has 2 N–H and O–H groups in total. The van der Waals surface area contributed by atoms with E-state index in [4.69, 9.17) is 14.2 Å². The molecular formula is C20H28N2O6. The van der Waals surface area contributed by atoms with Crippen LogP contribution in [0, 0.1) is 11.3 Å². The van der Waals surface area contributed by atoms with Crippen LogP contribution in [0.5, 0.6) is 17.2 Å². The third-order valence-corrected chi connectivity index (χ3v) is 6.04. The van der Waals surface area contributed by atoms with Crippen LogP contribution in [-0.4, -0.2) is 63.0 Å². The van der Waals surface area contributed by atoms with Gasteiger partial charge in [0.15, 0.2) is 11.5 Å². The van der Waals surface area contributed by atoms with Crippen LogP contribution in [0.25, 0.3) is 0 Å². The molecule has 0 bridgehead atoms. The summed E-state index contributed by atoms with van der Waals surface area (Å²) >= 11 is 0. The maximum absolute atomic E-state index is 12.6. The second kappa shape index (κ2) is 8.16. The summed E-state index contributed by atoms with van der Waals surface area (Å²) in [7, 11) is 4.68. The van der Waals surface area contributed by atoms with E-state index >= 15 is 0 Å². The van der Waals surface area contributed by atoms with E-state index in [2.05, 4.69) is 5.32 Å². The van der Waals surface area contributed by atoms with E-state index < -0.39 is 11.4 Å². The number of rotatable bonds is 7. The number of carbonyl (C=O) groups is 2. The molecule has 2 amide bonds. The van der Waals surface area contributed by atoms with Gasteiger partial charge in [-0.15, -0.1) is 0 Å². The molecule has 0 aromatic heterocycles. The monoisotopic (exact) mass is 392 g/mol. The molecule has 1 aliphatic carbocycles. The Labute approximate surface area is 164 Å². The first-order valence-corrected chi connectivity index (χ1v) is 9.51. The number of carboxylic acid groups (broad SMARTS) is 1. The first-order valence-electron chi connectivity index (χ1n) is 9.51. The number of amides is 2. The maximum Gasteiger partial charge on any atom is 0.317 e. The van der Waals surface area contributed by atoms with Gasteiger partial charge < -0.3 is 29.5 Å². The number of carboxylic acids is 1. The molecule has 1 heterocycles. The fourth-order valence-electron chi connectivity index (χ4n) is 4.57. The van der Waals surface area contributed by atoms with Crippen LogP contribution in [-0.2, 0) is 11.2 Å². The molecule has 8 nitrogen and oxygen atoms in total. The van der Waals surface area contributed by atoms with Gasteiger partial charge in [0.25, 0.3) is 0 Å². The largest absolute Gasteiger partial charge is 0.493 e. The van der Waals surface area contributed by atoms with E-state index in [1.807, 2.05) is 6.07 Å². The number of benzene rings is 1. The minimum absolute atomic E-state index is 0.0571. The standard InChI is InChI=1S/C20H28N2O6/c1-26-15-7-6-13(16(27-2)17(15)28-3)8-10-21-19(25)22-11-14-5-4-9-20(14,12-22)18(23)24/h6-7,14H,4-5,8-12H2,1-3H3,(H,21,25)(H,23,24)/t14-,20+/m0/s1. The molecule has 3 rings (SSSR count). The summed E-state index contributed by atoms with van der Waals surface area (Å²) in [5.74, 6) is 0.956. The summed E-state index contributed by atoms with van der Waals surface area (Å²) < 4.78 is 16.1. The van der Waals surface area contributed by atoms with E-state index in [9.17, 15) is 14.7 Å². The molecule has 28 heavy (non-hydrogen) atoms. The lowest BCUT2D eigenvalue weighted by atomic mass is 9.81. The van der Waals surface area contributed by atoms with Crippen LogP contribution >= 0.6 is 0 Å². The van der Waals surface area contributed by atoms with Gasteiger partial charge >= 0.3 is 12.0 Å². The van der Waals surface area contributed by atoms with Gasteiger partial charge in [-0.25, -0.2) is 4.79 Å². The van der Waals surface area contributed by atoms with Crippen molar-refractivity contribution in [3.8, 4) is 17.2 Å².